The monoisotopic (exact) mass is 578 g/mol. The zero-order valence-electron chi connectivity index (χ0n) is 23.4. The summed E-state index contributed by atoms with van der Waals surface area (Å²) in [4.78, 5) is 19.9. The number of hydrogen-bond donors (Lipinski definition) is 2. The van der Waals surface area contributed by atoms with Crippen LogP contribution in [0.25, 0.3) is 22.0 Å². The number of thiazole rings is 1. The molecule has 1 aliphatic heterocycles. The van der Waals surface area contributed by atoms with Crippen LogP contribution in [0.1, 0.15) is 24.4 Å². The summed E-state index contributed by atoms with van der Waals surface area (Å²) in [5.74, 6) is 1.38. The second-order valence-corrected chi connectivity index (χ2v) is 11.1. The molecule has 0 unspecified atom stereocenters. The zero-order valence-corrected chi connectivity index (χ0v) is 24.2. The molecule has 42 heavy (non-hydrogen) atoms. The van der Waals surface area contributed by atoms with Gasteiger partial charge in [-0.05, 0) is 66.1 Å². The second-order valence-electron chi connectivity index (χ2n) is 10.2. The average molecular weight is 579 g/mol. The lowest BCUT2D eigenvalue weighted by Crippen LogP contribution is -2.38. The number of amides is 1. The minimum Gasteiger partial charge on any atom is -0.486 e. The summed E-state index contributed by atoms with van der Waals surface area (Å²) in [6.07, 6.45) is 2.19. The number of nitrogens with two attached hydrogens (primary N) is 1. The Morgan fingerprint density at radius 2 is 1.71 bits per heavy atom. The van der Waals surface area contributed by atoms with Crippen molar-refractivity contribution in [3.05, 3.63) is 107 Å². The molecular weight excluding hydrogens is 544 g/mol. The quantitative estimate of drug-likeness (QED) is 0.199. The van der Waals surface area contributed by atoms with E-state index in [-0.39, 0.29) is 5.91 Å². The molecule has 0 saturated carbocycles. The molecule has 0 saturated heterocycles. The minimum atomic E-state index is -0.550. The first-order chi connectivity index (χ1) is 20.7. The van der Waals surface area contributed by atoms with Crippen molar-refractivity contribution in [2.75, 3.05) is 26.3 Å². The van der Waals surface area contributed by atoms with Crippen molar-refractivity contribution in [3.8, 4) is 22.8 Å². The number of rotatable bonds is 10. The first-order valence-electron chi connectivity index (χ1n) is 14.4. The van der Waals surface area contributed by atoms with Crippen molar-refractivity contribution in [2.24, 2.45) is 10.7 Å². The predicted octanol–water partition coefficient (Wildman–Crippen LogP) is 6.01. The van der Waals surface area contributed by atoms with Gasteiger partial charge in [0, 0.05) is 23.9 Å². The number of carbonyl (C=O) groups is 1. The highest BCUT2D eigenvalue weighted by atomic mass is 32.1. The summed E-state index contributed by atoms with van der Waals surface area (Å²) in [6, 6.07) is 29.8. The van der Waals surface area contributed by atoms with Gasteiger partial charge >= 0.3 is 0 Å². The highest BCUT2D eigenvalue weighted by molar-refractivity contribution is 7.07. The minimum absolute atomic E-state index is 0.0494. The Labute approximate surface area is 249 Å². The molecular formula is C34H34N4O3S. The fraction of sp³-hybridized carbons (Fsp3) is 0.235. The van der Waals surface area contributed by atoms with E-state index in [4.69, 9.17) is 20.2 Å². The summed E-state index contributed by atoms with van der Waals surface area (Å²) >= 11 is 1.52. The number of para-hydroxylation sites is 1. The molecule has 214 valence electrons. The summed E-state index contributed by atoms with van der Waals surface area (Å²) in [6.45, 7) is 2.20. The fourth-order valence-corrected chi connectivity index (χ4v) is 6.27. The number of fused-ring (bicyclic) bond motifs is 2. The predicted molar refractivity (Wildman–Crippen MR) is 168 cm³/mol. The van der Waals surface area contributed by atoms with Crippen molar-refractivity contribution < 1.29 is 14.3 Å². The Morgan fingerprint density at radius 3 is 2.57 bits per heavy atom. The summed E-state index contributed by atoms with van der Waals surface area (Å²) < 4.78 is 13.8. The van der Waals surface area contributed by atoms with E-state index in [1.54, 1.807) is 0 Å². The van der Waals surface area contributed by atoms with Crippen molar-refractivity contribution in [1.82, 2.24) is 9.88 Å². The number of unbranched alkanes of at least 4 members (excludes halogenated alkanes) is 1. The Morgan fingerprint density at radius 1 is 0.929 bits per heavy atom. The van der Waals surface area contributed by atoms with E-state index in [9.17, 15) is 4.79 Å². The Hall–Kier alpha value is -4.40. The van der Waals surface area contributed by atoms with Crippen LogP contribution in [0.3, 0.4) is 0 Å². The highest BCUT2D eigenvalue weighted by Crippen LogP contribution is 2.36. The Kier molecular flexibility index (Phi) is 8.63. The van der Waals surface area contributed by atoms with E-state index in [0.717, 1.165) is 56.7 Å². The van der Waals surface area contributed by atoms with Crippen molar-refractivity contribution >= 4 is 33.7 Å². The standard InChI is InChI=1S/C34H34N4O3S/c35-17-6-7-18-36-33(39)29(21-25-11-8-10-24-9-4-5-14-28(24)25)38-30(23-42-34(38)37-27-12-2-1-3-13-27)26-15-16-31-32(22-26)41-20-19-40-31/h1-5,8-16,22-23,29H,6-7,17-21,35H2,(H,36,39)/t29-/m0/s1. The molecule has 1 atom stereocenters. The normalized spacial score (nSPS) is 13.7. The van der Waals surface area contributed by atoms with Crippen molar-refractivity contribution in [1.29, 1.82) is 0 Å². The highest BCUT2D eigenvalue weighted by Gasteiger charge is 2.27. The molecule has 5 aromatic rings. The molecule has 0 bridgehead atoms. The molecule has 2 heterocycles. The smallest absolute Gasteiger partial charge is 0.243 e. The van der Waals surface area contributed by atoms with Crippen LogP contribution in [0.2, 0.25) is 0 Å². The molecule has 0 radical (unpaired) electrons. The third-order valence-electron chi connectivity index (χ3n) is 7.40. The number of benzene rings is 4. The van der Waals surface area contributed by atoms with E-state index in [0.29, 0.717) is 38.5 Å². The zero-order chi connectivity index (χ0) is 28.7. The lowest BCUT2D eigenvalue weighted by molar-refractivity contribution is -0.124. The Balaban J connectivity index is 1.50. The van der Waals surface area contributed by atoms with Crippen LogP contribution in [0.15, 0.2) is 101 Å². The van der Waals surface area contributed by atoms with Gasteiger partial charge in [-0.2, -0.15) is 0 Å². The van der Waals surface area contributed by atoms with Crippen molar-refractivity contribution in [2.45, 2.75) is 25.3 Å². The molecule has 0 aliphatic carbocycles. The van der Waals surface area contributed by atoms with Crippen molar-refractivity contribution in [3.63, 3.8) is 0 Å². The number of hydrogen-bond acceptors (Lipinski definition) is 6. The molecule has 3 N–H and O–H groups in total. The van der Waals surface area contributed by atoms with E-state index in [1.807, 2.05) is 60.7 Å². The maximum atomic E-state index is 14.1. The lowest BCUT2D eigenvalue weighted by Gasteiger charge is -2.23. The molecule has 0 spiro atoms. The second kappa shape index (κ2) is 13.1. The van der Waals surface area contributed by atoms with Gasteiger partial charge in [-0.1, -0.05) is 60.7 Å². The Bertz CT molecular complexity index is 1740. The van der Waals surface area contributed by atoms with Gasteiger partial charge in [-0.25, -0.2) is 4.99 Å². The molecule has 7 nitrogen and oxygen atoms in total. The number of carbonyl (C=O) groups excluding carboxylic acids is 1. The SMILES string of the molecule is NCCCCNC(=O)[C@H](Cc1cccc2ccccc12)n1c(-c2ccc3c(c2)OCCO3)csc1=Nc1ccccc1. The van der Waals surface area contributed by atoms with Crippen LogP contribution in [0.5, 0.6) is 11.5 Å². The molecule has 1 amide bonds. The van der Waals surface area contributed by atoms with Gasteiger partial charge in [0.1, 0.15) is 19.3 Å². The summed E-state index contributed by atoms with van der Waals surface area (Å²) in [5.41, 5.74) is 9.48. The number of nitrogens with one attached hydrogen (secondary N) is 1. The van der Waals surface area contributed by atoms with E-state index < -0.39 is 6.04 Å². The van der Waals surface area contributed by atoms with Gasteiger partial charge in [0.2, 0.25) is 5.91 Å². The number of ether oxygens (including phenoxy) is 2. The molecule has 4 aromatic carbocycles. The average Bonchev–Trinajstić information content (AvgIpc) is 3.45. The number of nitrogens with zero attached hydrogens (tertiary/aromatic N) is 2. The molecule has 1 aliphatic rings. The summed E-state index contributed by atoms with van der Waals surface area (Å²) in [7, 11) is 0. The summed E-state index contributed by atoms with van der Waals surface area (Å²) in [5, 5.41) is 7.56. The third-order valence-corrected chi connectivity index (χ3v) is 8.24. The third kappa shape index (κ3) is 6.10. The number of aromatic nitrogens is 1. The van der Waals surface area contributed by atoms with Crippen LogP contribution < -0.4 is 25.3 Å². The van der Waals surface area contributed by atoms with Gasteiger partial charge in [-0.15, -0.1) is 11.3 Å². The maximum Gasteiger partial charge on any atom is 0.243 e. The maximum absolute atomic E-state index is 14.1. The fourth-order valence-electron chi connectivity index (χ4n) is 5.31. The van der Waals surface area contributed by atoms with Gasteiger partial charge in [-0.3, -0.25) is 4.79 Å². The van der Waals surface area contributed by atoms with Crippen LogP contribution >= 0.6 is 11.3 Å². The molecule has 6 rings (SSSR count). The van der Waals surface area contributed by atoms with Gasteiger partial charge in [0.25, 0.3) is 0 Å². The molecule has 8 heteroatoms. The van der Waals surface area contributed by atoms with Crippen LogP contribution in [-0.2, 0) is 11.2 Å². The van der Waals surface area contributed by atoms with Crippen LogP contribution in [0.4, 0.5) is 5.69 Å². The van der Waals surface area contributed by atoms with Gasteiger partial charge in [0.05, 0.1) is 11.4 Å². The lowest BCUT2D eigenvalue weighted by atomic mass is 9.97. The topological polar surface area (TPSA) is 90.9 Å². The van der Waals surface area contributed by atoms with Crippen LogP contribution in [0, 0.1) is 0 Å². The van der Waals surface area contributed by atoms with Gasteiger partial charge < -0.3 is 25.1 Å². The van der Waals surface area contributed by atoms with E-state index >= 15 is 0 Å². The largest absolute Gasteiger partial charge is 0.486 e. The van der Waals surface area contributed by atoms with Gasteiger partial charge in [0.15, 0.2) is 16.3 Å². The van der Waals surface area contributed by atoms with Crippen LogP contribution in [-0.4, -0.2) is 36.8 Å². The first kappa shape index (κ1) is 27.8. The first-order valence-corrected chi connectivity index (χ1v) is 15.2. The van der Waals surface area contributed by atoms with E-state index in [1.165, 1.54) is 11.3 Å². The van der Waals surface area contributed by atoms with E-state index in [2.05, 4.69) is 45.6 Å². The molecule has 1 aromatic heterocycles. The molecule has 0 fully saturated rings.